The van der Waals surface area contributed by atoms with Gasteiger partial charge in [-0.3, -0.25) is 0 Å². The molecule has 1 saturated heterocycles. The van der Waals surface area contributed by atoms with Crippen LogP contribution in [0.1, 0.15) is 24.4 Å². The molecule has 9 nitrogen and oxygen atoms in total. The largest absolute Gasteiger partial charge is 0.496 e. The van der Waals surface area contributed by atoms with E-state index in [9.17, 15) is 0 Å². The molecule has 2 aromatic heterocycles. The minimum atomic E-state index is -0.0581. The maximum atomic E-state index is 5.80. The summed E-state index contributed by atoms with van der Waals surface area (Å²) in [6, 6.07) is 1.77. The molecule has 1 aliphatic rings. The van der Waals surface area contributed by atoms with Crippen LogP contribution in [-0.2, 0) is 0 Å². The maximum absolute atomic E-state index is 5.80. The molecule has 3 rings (SSSR count). The van der Waals surface area contributed by atoms with Crippen molar-refractivity contribution < 1.29 is 9.47 Å². The topological polar surface area (TPSA) is 119 Å². The first-order chi connectivity index (χ1) is 12.7. The molecule has 26 heavy (non-hydrogen) atoms. The minimum absolute atomic E-state index is 0.0516. The van der Waals surface area contributed by atoms with Crippen LogP contribution in [0, 0.1) is 0 Å². The molecule has 0 aliphatic carbocycles. The third-order valence-electron chi connectivity index (χ3n) is 3.91. The molecule has 2 aromatic rings. The molecule has 1 fully saturated rings. The van der Waals surface area contributed by atoms with Gasteiger partial charge in [-0.05, 0) is 19.0 Å². The zero-order chi connectivity index (χ0) is 18.4. The number of ether oxygens (including phenoxy) is 2. The molecule has 0 bridgehead atoms. The molecule has 5 N–H and O–H groups in total. The highest BCUT2D eigenvalue weighted by atomic mass is 35.5. The molecule has 10 heteroatoms. The van der Waals surface area contributed by atoms with Crippen molar-refractivity contribution in [1.82, 2.24) is 25.8 Å². The van der Waals surface area contributed by atoms with Gasteiger partial charge in [0.2, 0.25) is 5.88 Å². The van der Waals surface area contributed by atoms with Crippen molar-refractivity contribution in [3.63, 3.8) is 0 Å². The Balaban J connectivity index is 1.71. The number of aromatic nitrogens is 3. The van der Waals surface area contributed by atoms with E-state index in [1.165, 1.54) is 6.20 Å². The predicted octanol–water partition coefficient (Wildman–Crippen LogP) is 1.24. The monoisotopic (exact) mass is 379 g/mol. The highest BCUT2D eigenvalue weighted by molar-refractivity contribution is 6.29. The molecule has 0 spiro atoms. The van der Waals surface area contributed by atoms with Crippen molar-refractivity contribution in [2.24, 2.45) is 5.73 Å². The van der Waals surface area contributed by atoms with E-state index < -0.39 is 0 Å². The van der Waals surface area contributed by atoms with Crippen molar-refractivity contribution in [3.8, 4) is 11.6 Å². The van der Waals surface area contributed by atoms with Crippen LogP contribution in [-0.4, -0.2) is 41.4 Å². The first-order valence-electron chi connectivity index (χ1n) is 8.32. The van der Waals surface area contributed by atoms with Gasteiger partial charge in [0.25, 0.3) is 0 Å². The second-order valence-corrected chi connectivity index (χ2v) is 6.11. The number of nitrogens with zero attached hydrogens (tertiary/aromatic N) is 3. The van der Waals surface area contributed by atoms with Gasteiger partial charge in [-0.1, -0.05) is 11.6 Å². The normalized spacial score (nSPS) is 19.3. The highest BCUT2D eigenvalue weighted by Gasteiger charge is 2.30. The summed E-state index contributed by atoms with van der Waals surface area (Å²) in [6.45, 7) is 1.07. The summed E-state index contributed by atoms with van der Waals surface area (Å²) >= 11 is 5.76. The number of methoxy groups -OCH3 is 1. The fourth-order valence-electron chi connectivity index (χ4n) is 2.71. The molecule has 0 amide bonds. The number of hydrogen-bond acceptors (Lipinski definition) is 9. The van der Waals surface area contributed by atoms with Crippen LogP contribution in [0.3, 0.4) is 0 Å². The summed E-state index contributed by atoms with van der Waals surface area (Å²) in [6.07, 6.45) is 6.17. The SMILES string of the molecule is COc1ccnc(OCCCN)c1C1CC(Nc2cnc(Cl)cn2)NN1. The molecule has 2 atom stereocenters. The second kappa shape index (κ2) is 8.95. The lowest BCUT2D eigenvalue weighted by molar-refractivity contribution is 0.290. The number of hydrogen-bond donors (Lipinski definition) is 4. The van der Waals surface area contributed by atoms with Crippen molar-refractivity contribution >= 4 is 17.4 Å². The van der Waals surface area contributed by atoms with Gasteiger partial charge in [0.15, 0.2) is 0 Å². The van der Waals surface area contributed by atoms with Gasteiger partial charge in [0, 0.05) is 12.6 Å². The molecule has 140 valence electrons. The summed E-state index contributed by atoms with van der Waals surface area (Å²) < 4.78 is 11.3. The van der Waals surface area contributed by atoms with Crippen LogP contribution >= 0.6 is 11.6 Å². The Bertz CT molecular complexity index is 716. The first-order valence-corrected chi connectivity index (χ1v) is 8.70. The molecule has 0 aromatic carbocycles. The second-order valence-electron chi connectivity index (χ2n) is 5.72. The van der Waals surface area contributed by atoms with Crippen molar-refractivity contribution in [1.29, 1.82) is 0 Å². The number of nitrogens with two attached hydrogens (primary N) is 1. The number of hydrazine groups is 1. The lowest BCUT2D eigenvalue weighted by Gasteiger charge is -2.18. The molecular formula is C16H22ClN7O2. The molecule has 0 saturated carbocycles. The summed E-state index contributed by atoms with van der Waals surface area (Å²) in [4.78, 5) is 12.6. The van der Waals surface area contributed by atoms with E-state index in [0.717, 1.165) is 18.4 Å². The van der Waals surface area contributed by atoms with Gasteiger partial charge >= 0.3 is 0 Å². The third kappa shape index (κ3) is 4.50. The van der Waals surface area contributed by atoms with Gasteiger partial charge < -0.3 is 20.5 Å². The average Bonchev–Trinajstić information content (AvgIpc) is 3.11. The smallest absolute Gasteiger partial charge is 0.221 e. The van der Waals surface area contributed by atoms with Gasteiger partial charge in [-0.15, -0.1) is 0 Å². The predicted molar refractivity (Wildman–Crippen MR) is 98.0 cm³/mol. The lowest BCUT2D eigenvalue weighted by Crippen LogP contribution is -2.36. The Labute approximate surface area is 156 Å². The molecule has 2 unspecified atom stereocenters. The van der Waals surface area contributed by atoms with Gasteiger partial charge in [-0.2, -0.15) is 0 Å². The first kappa shape index (κ1) is 18.6. The Morgan fingerprint density at radius 2 is 2.19 bits per heavy atom. The summed E-state index contributed by atoms with van der Waals surface area (Å²) in [7, 11) is 1.63. The van der Waals surface area contributed by atoms with E-state index in [0.29, 0.717) is 35.8 Å². The number of pyridine rings is 1. The maximum Gasteiger partial charge on any atom is 0.221 e. The summed E-state index contributed by atoms with van der Waals surface area (Å²) in [5.74, 6) is 1.89. The van der Waals surface area contributed by atoms with E-state index in [-0.39, 0.29) is 12.2 Å². The molecule has 1 aliphatic heterocycles. The number of halogens is 1. The van der Waals surface area contributed by atoms with Crippen molar-refractivity contribution in [2.45, 2.75) is 25.0 Å². The Hall–Kier alpha value is -2.20. The van der Waals surface area contributed by atoms with E-state index in [2.05, 4.69) is 31.1 Å². The van der Waals surface area contributed by atoms with Crippen molar-refractivity contribution in [3.05, 3.63) is 35.4 Å². The van der Waals surface area contributed by atoms with E-state index in [4.69, 9.17) is 26.8 Å². The fraction of sp³-hybridized carbons (Fsp3) is 0.438. The van der Waals surface area contributed by atoms with E-state index in [1.54, 1.807) is 19.5 Å². The summed E-state index contributed by atoms with van der Waals surface area (Å²) in [5.41, 5.74) is 12.8. The van der Waals surface area contributed by atoms with Crippen LogP contribution in [0.5, 0.6) is 11.6 Å². The third-order valence-corrected chi connectivity index (χ3v) is 4.11. The average molecular weight is 380 g/mol. The van der Waals surface area contributed by atoms with Crippen LogP contribution in [0.4, 0.5) is 5.82 Å². The van der Waals surface area contributed by atoms with Crippen molar-refractivity contribution in [2.75, 3.05) is 25.6 Å². The fourth-order valence-corrected chi connectivity index (χ4v) is 2.81. The number of anilines is 1. The zero-order valence-corrected chi connectivity index (χ0v) is 15.2. The Morgan fingerprint density at radius 1 is 1.31 bits per heavy atom. The Kier molecular flexibility index (Phi) is 6.40. The van der Waals surface area contributed by atoms with Crippen LogP contribution < -0.4 is 31.4 Å². The quantitative estimate of drug-likeness (QED) is 0.502. The molecule has 3 heterocycles. The Morgan fingerprint density at radius 3 is 2.92 bits per heavy atom. The van der Waals surface area contributed by atoms with Gasteiger partial charge in [-0.25, -0.2) is 25.8 Å². The molecule has 0 radical (unpaired) electrons. The highest BCUT2D eigenvalue weighted by Crippen LogP contribution is 2.36. The van der Waals surface area contributed by atoms with E-state index in [1.807, 2.05) is 6.07 Å². The number of nitrogens with one attached hydrogen (secondary N) is 3. The lowest BCUT2D eigenvalue weighted by atomic mass is 10.0. The zero-order valence-electron chi connectivity index (χ0n) is 14.4. The van der Waals surface area contributed by atoms with Crippen LogP contribution in [0.15, 0.2) is 24.7 Å². The van der Waals surface area contributed by atoms with Crippen LogP contribution in [0.2, 0.25) is 5.15 Å². The summed E-state index contributed by atoms with van der Waals surface area (Å²) in [5, 5.41) is 3.60. The van der Waals surface area contributed by atoms with Crippen LogP contribution in [0.25, 0.3) is 0 Å². The minimum Gasteiger partial charge on any atom is -0.496 e. The standard InChI is InChI=1S/C16H22ClN7O2/c1-25-11-3-5-19-16(26-6-2-4-18)15(11)10-7-13(24-23-10)22-14-9-20-12(17)8-21-14/h3,5,8-10,13,23-24H,2,4,6-7,18H2,1H3,(H,21,22). The van der Waals surface area contributed by atoms with Gasteiger partial charge in [0.1, 0.15) is 16.7 Å². The van der Waals surface area contributed by atoms with Gasteiger partial charge in [0.05, 0.1) is 43.9 Å². The van der Waals surface area contributed by atoms with E-state index >= 15 is 0 Å². The number of rotatable bonds is 8. The molecular weight excluding hydrogens is 358 g/mol.